The summed E-state index contributed by atoms with van der Waals surface area (Å²) in [5.74, 6) is -0.285. The van der Waals surface area contributed by atoms with E-state index in [2.05, 4.69) is 24.1 Å². The fourth-order valence-electron chi connectivity index (χ4n) is 1.38. The summed E-state index contributed by atoms with van der Waals surface area (Å²) in [6.45, 7) is 8.25. The maximum Gasteiger partial charge on any atom is 0.303 e. The summed E-state index contributed by atoms with van der Waals surface area (Å²) < 4.78 is 0. The minimum absolute atomic E-state index is 0.169. The van der Waals surface area contributed by atoms with Crippen LogP contribution in [0, 0.1) is 0 Å². The number of carboxylic acids is 1. The molecule has 0 radical (unpaired) electrons. The van der Waals surface area contributed by atoms with Crippen LogP contribution in [0.2, 0.25) is 0 Å². The first-order valence-electron chi connectivity index (χ1n) is 5.76. The van der Waals surface area contributed by atoms with Gasteiger partial charge in [-0.1, -0.05) is 13.8 Å². The lowest BCUT2D eigenvalue weighted by molar-refractivity contribution is -0.137. The second kappa shape index (κ2) is 5.49. The van der Waals surface area contributed by atoms with Gasteiger partial charge in [0.05, 0.1) is 0 Å². The number of nitrogens with zero attached hydrogens (tertiary/aromatic N) is 1. The number of hydrogen-bond donors (Lipinski definition) is 2. The fraction of sp³-hybridized carbons (Fsp3) is 0.667. The third-order valence-corrected chi connectivity index (χ3v) is 3.72. The second-order valence-electron chi connectivity index (χ2n) is 5.13. The highest BCUT2D eigenvalue weighted by Crippen LogP contribution is 2.28. The molecule has 5 heteroatoms. The molecule has 4 nitrogen and oxygen atoms in total. The van der Waals surface area contributed by atoms with E-state index in [4.69, 9.17) is 5.11 Å². The van der Waals surface area contributed by atoms with Crippen LogP contribution >= 0.6 is 11.3 Å². The molecule has 0 amide bonds. The molecule has 0 aliphatic carbocycles. The highest BCUT2D eigenvalue weighted by Gasteiger charge is 2.20. The topological polar surface area (TPSA) is 62.2 Å². The zero-order valence-corrected chi connectivity index (χ0v) is 11.6. The Morgan fingerprint density at radius 2 is 2.24 bits per heavy atom. The van der Waals surface area contributed by atoms with Crippen LogP contribution in [0.4, 0.5) is 5.13 Å². The molecule has 2 N–H and O–H groups in total. The number of carboxylic acid groups (broad SMARTS) is 1. The number of aliphatic carboxylic acids is 1. The molecular formula is C12H20N2O2S. The van der Waals surface area contributed by atoms with Crippen LogP contribution in [0.5, 0.6) is 0 Å². The zero-order valence-electron chi connectivity index (χ0n) is 10.8. The van der Waals surface area contributed by atoms with Crippen molar-refractivity contribution in [3.05, 3.63) is 11.1 Å². The van der Waals surface area contributed by atoms with Gasteiger partial charge < -0.3 is 10.4 Å². The Kier molecular flexibility index (Phi) is 4.51. The van der Waals surface area contributed by atoms with E-state index in [9.17, 15) is 4.79 Å². The van der Waals surface area contributed by atoms with Crippen molar-refractivity contribution < 1.29 is 9.90 Å². The molecule has 0 unspecified atom stereocenters. The van der Waals surface area contributed by atoms with Crippen molar-refractivity contribution in [3.63, 3.8) is 0 Å². The fourth-order valence-corrected chi connectivity index (χ4v) is 2.38. The molecule has 0 fully saturated rings. The predicted octanol–water partition coefficient (Wildman–Crippen LogP) is 3.32. The molecule has 17 heavy (non-hydrogen) atoms. The first-order valence-corrected chi connectivity index (χ1v) is 6.57. The summed E-state index contributed by atoms with van der Waals surface area (Å²) in [6, 6.07) is 0. The normalized spacial score (nSPS) is 11.8. The van der Waals surface area contributed by atoms with E-state index in [1.165, 1.54) is 4.88 Å². The van der Waals surface area contributed by atoms with Gasteiger partial charge in [-0.05, 0) is 26.2 Å². The molecule has 0 aliphatic heterocycles. The smallest absolute Gasteiger partial charge is 0.303 e. The molecule has 1 heterocycles. The van der Waals surface area contributed by atoms with Gasteiger partial charge >= 0.3 is 5.97 Å². The van der Waals surface area contributed by atoms with Crippen molar-refractivity contribution in [3.8, 4) is 0 Å². The molecule has 0 saturated carbocycles. The summed E-state index contributed by atoms with van der Waals surface area (Å²) in [5.41, 5.74) is -0.246. The monoisotopic (exact) mass is 256 g/mol. The third kappa shape index (κ3) is 4.73. The molecular weight excluding hydrogens is 236 g/mol. The molecule has 96 valence electrons. The molecule has 1 rings (SSSR count). The summed E-state index contributed by atoms with van der Waals surface area (Å²) in [6.07, 6.45) is 2.63. The predicted molar refractivity (Wildman–Crippen MR) is 70.8 cm³/mol. The Bertz CT molecular complexity index is 386. The van der Waals surface area contributed by atoms with Crippen molar-refractivity contribution in [2.24, 2.45) is 0 Å². The highest BCUT2D eigenvalue weighted by atomic mass is 32.1. The van der Waals surface area contributed by atoms with E-state index in [1.54, 1.807) is 11.3 Å². The molecule has 1 aromatic heterocycles. The Labute approximate surface area is 106 Å². The number of hydrogen-bond acceptors (Lipinski definition) is 4. The summed E-state index contributed by atoms with van der Waals surface area (Å²) in [7, 11) is 0. The first kappa shape index (κ1) is 14.0. The van der Waals surface area contributed by atoms with Gasteiger partial charge in [-0.25, -0.2) is 4.98 Å². The molecule has 0 saturated heterocycles. The summed E-state index contributed by atoms with van der Waals surface area (Å²) >= 11 is 1.63. The molecule has 0 atom stereocenters. The number of carbonyl (C=O) groups is 1. The molecule has 0 bridgehead atoms. The lowest BCUT2D eigenvalue weighted by atomic mass is 9.99. The minimum atomic E-state index is -0.762. The van der Waals surface area contributed by atoms with Gasteiger partial charge in [0.15, 0.2) is 5.13 Å². The van der Waals surface area contributed by atoms with Crippen LogP contribution < -0.4 is 5.32 Å². The molecule has 1 aromatic rings. The van der Waals surface area contributed by atoms with E-state index in [-0.39, 0.29) is 12.0 Å². The second-order valence-corrected chi connectivity index (χ2v) is 6.19. The van der Waals surface area contributed by atoms with E-state index >= 15 is 0 Å². The van der Waals surface area contributed by atoms with Gasteiger partial charge in [0.2, 0.25) is 0 Å². The van der Waals surface area contributed by atoms with E-state index in [0.29, 0.717) is 12.3 Å². The van der Waals surface area contributed by atoms with Crippen LogP contribution in [-0.4, -0.2) is 21.6 Å². The van der Waals surface area contributed by atoms with E-state index in [0.717, 1.165) is 5.13 Å². The summed E-state index contributed by atoms with van der Waals surface area (Å²) in [4.78, 5) is 16.1. The van der Waals surface area contributed by atoms with Crippen molar-refractivity contribution >= 4 is 22.4 Å². The Balaban J connectivity index is 2.59. The van der Waals surface area contributed by atoms with Crippen LogP contribution in [0.25, 0.3) is 0 Å². The van der Waals surface area contributed by atoms with Crippen molar-refractivity contribution in [1.82, 2.24) is 4.98 Å². The Morgan fingerprint density at radius 3 is 2.71 bits per heavy atom. The molecule has 0 aliphatic rings. The van der Waals surface area contributed by atoms with Crippen molar-refractivity contribution in [2.45, 2.75) is 52.0 Å². The lowest BCUT2D eigenvalue weighted by Crippen LogP contribution is -2.31. The first-order chi connectivity index (χ1) is 7.80. The minimum Gasteiger partial charge on any atom is -0.481 e. The van der Waals surface area contributed by atoms with Crippen molar-refractivity contribution in [1.29, 1.82) is 0 Å². The van der Waals surface area contributed by atoms with Gasteiger partial charge in [-0.2, -0.15) is 0 Å². The third-order valence-electron chi connectivity index (χ3n) is 2.50. The van der Waals surface area contributed by atoms with Crippen LogP contribution in [0.15, 0.2) is 6.20 Å². The van der Waals surface area contributed by atoms with Gasteiger partial charge in [0, 0.05) is 23.0 Å². The van der Waals surface area contributed by atoms with Crippen LogP contribution in [-0.2, 0) is 4.79 Å². The number of thiazole rings is 1. The number of nitrogens with one attached hydrogen (secondary N) is 1. The number of aromatic nitrogens is 1. The van der Waals surface area contributed by atoms with Gasteiger partial charge in [-0.3, -0.25) is 4.79 Å². The SMILES string of the molecule is CC(C)c1cnc(NC(C)(C)CCC(=O)O)s1. The maximum absolute atomic E-state index is 10.6. The van der Waals surface area contributed by atoms with Crippen LogP contribution in [0.1, 0.15) is 51.3 Å². The summed E-state index contributed by atoms with van der Waals surface area (Å²) in [5, 5.41) is 12.8. The number of anilines is 1. The van der Waals surface area contributed by atoms with E-state index < -0.39 is 5.97 Å². The average molecular weight is 256 g/mol. The van der Waals surface area contributed by atoms with Gasteiger partial charge in [0.1, 0.15) is 0 Å². The Hall–Kier alpha value is -1.10. The van der Waals surface area contributed by atoms with E-state index in [1.807, 2.05) is 20.0 Å². The highest BCUT2D eigenvalue weighted by molar-refractivity contribution is 7.15. The largest absolute Gasteiger partial charge is 0.481 e. The molecule has 0 aromatic carbocycles. The van der Waals surface area contributed by atoms with Crippen LogP contribution in [0.3, 0.4) is 0 Å². The zero-order chi connectivity index (χ0) is 13.1. The maximum atomic E-state index is 10.6. The quantitative estimate of drug-likeness (QED) is 0.819. The molecule has 0 spiro atoms. The average Bonchev–Trinajstić information content (AvgIpc) is 2.63. The Morgan fingerprint density at radius 1 is 1.59 bits per heavy atom. The standard InChI is InChI=1S/C12H20N2O2S/c1-8(2)9-7-13-11(17-9)14-12(3,4)6-5-10(15)16/h7-8H,5-6H2,1-4H3,(H,13,14)(H,15,16). The number of rotatable bonds is 6. The van der Waals surface area contributed by atoms with Gasteiger partial charge in [0.25, 0.3) is 0 Å². The van der Waals surface area contributed by atoms with Crippen molar-refractivity contribution in [2.75, 3.05) is 5.32 Å². The lowest BCUT2D eigenvalue weighted by Gasteiger charge is -2.25. The van der Waals surface area contributed by atoms with Gasteiger partial charge in [-0.15, -0.1) is 11.3 Å².